The van der Waals surface area contributed by atoms with Gasteiger partial charge >= 0.3 is 5.97 Å². The van der Waals surface area contributed by atoms with Gasteiger partial charge in [0.05, 0.1) is 0 Å². The maximum Gasteiger partial charge on any atom is 0.325 e. The summed E-state index contributed by atoms with van der Waals surface area (Å²) < 4.78 is 18.1. The molecule has 6 nitrogen and oxygen atoms in total. The SMILES string of the molecule is Cc1ccc(C(=O)NCC(=O)OCC(=O)N(C)Cc2cccc(F)c2)cc1C. The predicted octanol–water partition coefficient (Wildman–Crippen LogP) is 2.37. The van der Waals surface area contributed by atoms with E-state index in [1.54, 1.807) is 24.3 Å². The molecule has 0 aliphatic rings. The molecule has 0 aromatic heterocycles. The molecule has 2 aromatic carbocycles. The van der Waals surface area contributed by atoms with Gasteiger partial charge < -0.3 is 15.0 Å². The van der Waals surface area contributed by atoms with E-state index in [1.807, 2.05) is 19.9 Å². The normalized spacial score (nSPS) is 10.3. The summed E-state index contributed by atoms with van der Waals surface area (Å²) in [4.78, 5) is 37.2. The Morgan fingerprint density at radius 2 is 1.82 bits per heavy atom. The molecule has 0 saturated carbocycles. The van der Waals surface area contributed by atoms with Crippen LogP contribution in [0.4, 0.5) is 4.39 Å². The Kier molecular flexibility index (Phi) is 7.26. The van der Waals surface area contributed by atoms with Gasteiger partial charge in [-0.3, -0.25) is 14.4 Å². The number of likely N-dealkylation sites (N-methyl/N-ethyl adjacent to an activating group) is 1. The van der Waals surface area contributed by atoms with Crippen LogP contribution in [0.2, 0.25) is 0 Å². The van der Waals surface area contributed by atoms with E-state index in [0.717, 1.165) is 11.1 Å². The summed E-state index contributed by atoms with van der Waals surface area (Å²) in [6.45, 7) is 3.23. The molecule has 148 valence electrons. The van der Waals surface area contributed by atoms with Crippen molar-refractivity contribution in [3.05, 3.63) is 70.5 Å². The number of benzene rings is 2. The third-order valence-corrected chi connectivity index (χ3v) is 4.25. The first-order valence-electron chi connectivity index (χ1n) is 8.75. The van der Waals surface area contributed by atoms with Crippen molar-refractivity contribution in [1.29, 1.82) is 0 Å². The third kappa shape index (κ3) is 6.19. The van der Waals surface area contributed by atoms with Crippen LogP contribution in [0.5, 0.6) is 0 Å². The van der Waals surface area contributed by atoms with Gasteiger partial charge in [-0.2, -0.15) is 0 Å². The van der Waals surface area contributed by atoms with E-state index in [1.165, 1.54) is 24.1 Å². The minimum atomic E-state index is -0.718. The van der Waals surface area contributed by atoms with E-state index in [0.29, 0.717) is 11.1 Å². The molecule has 1 N–H and O–H groups in total. The summed E-state index contributed by atoms with van der Waals surface area (Å²) in [5.41, 5.74) is 3.11. The lowest BCUT2D eigenvalue weighted by molar-refractivity contribution is -0.150. The fourth-order valence-corrected chi connectivity index (χ4v) is 2.44. The number of hydrogen-bond donors (Lipinski definition) is 1. The molecule has 0 aliphatic heterocycles. The molecule has 2 rings (SSSR count). The van der Waals surface area contributed by atoms with Crippen LogP contribution in [0, 0.1) is 19.7 Å². The van der Waals surface area contributed by atoms with Crippen molar-refractivity contribution in [2.24, 2.45) is 0 Å². The number of aryl methyl sites for hydroxylation is 2. The maximum absolute atomic E-state index is 13.2. The molecule has 0 spiro atoms. The van der Waals surface area contributed by atoms with Crippen molar-refractivity contribution in [3.63, 3.8) is 0 Å². The Balaban J connectivity index is 1.75. The number of halogens is 1. The van der Waals surface area contributed by atoms with Gasteiger partial charge in [0.15, 0.2) is 6.61 Å². The molecule has 0 radical (unpaired) electrons. The zero-order valence-electron chi connectivity index (χ0n) is 16.1. The van der Waals surface area contributed by atoms with Crippen LogP contribution in [0.3, 0.4) is 0 Å². The highest BCUT2D eigenvalue weighted by Gasteiger charge is 2.14. The van der Waals surface area contributed by atoms with Crippen LogP contribution in [0.25, 0.3) is 0 Å². The van der Waals surface area contributed by atoms with E-state index in [9.17, 15) is 18.8 Å². The smallest absolute Gasteiger partial charge is 0.325 e. The first-order chi connectivity index (χ1) is 13.3. The highest BCUT2D eigenvalue weighted by atomic mass is 19.1. The molecule has 28 heavy (non-hydrogen) atoms. The average Bonchev–Trinajstić information content (AvgIpc) is 2.66. The van der Waals surface area contributed by atoms with Gasteiger partial charge in [-0.25, -0.2) is 4.39 Å². The molecule has 0 bridgehead atoms. The van der Waals surface area contributed by atoms with Gasteiger partial charge in [0.2, 0.25) is 0 Å². The molecular weight excluding hydrogens is 363 g/mol. The summed E-state index contributed by atoms with van der Waals surface area (Å²) in [7, 11) is 1.53. The number of nitrogens with one attached hydrogen (secondary N) is 1. The lowest BCUT2D eigenvalue weighted by Crippen LogP contribution is -2.34. The molecular formula is C21H23FN2O4. The van der Waals surface area contributed by atoms with Crippen molar-refractivity contribution in [2.45, 2.75) is 20.4 Å². The van der Waals surface area contributed by atoms with E-state index in [2.05, 4.69) is 5.32 Å². The Bertz CT molecular complexity index is 882. The van der Waals surface area contributed by atoms with Crippen molar-refractivity contribution in [3.8, 4) is 0 Å². The summed E-state index contributed by atoms with van der Waals surface area (Å²) in [6.07, 6.45) is 0. The van der Waals surface area contributed by atoms with E-state index >= 15 is 0 Å². The quantitative estimate of drug-likeness (QED) is 0.742. The lowest BCUT2D eigenvalue weighted by atomic mass is 10.1. The third-order valence-electron chi connectivity index (χ3n) is 4.25. The zero-order valence-corrected chi connectivity index (χ0v) is 16.1. The van der Waals surface area contributed by atoms with Crippen LogP contribution in [-0.2, 0) is 20.9 Å². The monoisotopic (exact) mass is 386 g/mol. The number of hydrogen-bond acceptors (Lipinski definition) is 4. The highest BCUT2D eigenvalue weighted by Crippen LogP contribution is 2.09. The van der Waals surface area contributed by atoms with E-state index in [4.69, 9.17) is 4.74 Å². The summed E-state index contributed by atoms with van der Waals surface area (Å²) in [5, 5.41) is 2.46. The van der Waals surface area contributed by atoms with Crippen molar-refractivity contribution in [1.82, 2.24) is 10.2 Å². The average molecular weight is 386 g/mol. The second-order valence-electron chi connectivity index (χ2n) is 6.52. The van der Waals surface area contributed by atoms with E-state index in [-0.39, 0.29) is 18.9 Å². The fourth-order valence-electron chi connectivity index (χ4n) is 2.44. The van der Waals surface area contributed by atoms with Crippen LogP contribution >= 0.6 is 0 Å². The van der Waals surface area contributed by atoms with Crippen LogP contribution in [0.15, 0.2) is 42.5 Å². The van der Waals surface area contributed by atoms with Crippen LogP contribution in [0.1, 0.15) is 27.0 Å². The maximum atomic E-state index is 13.2. The molecule has 0 atom stereocenters. The molecule has 0 heterocycles. The molecule has 2 aromatic rings. The number of rotatable bonds is 7. The second-order valence-corrected chi connectivity index (χ2v) is 6.52. The Labute approximate surface area is 163 Å². The number of esters is 1. The first-order valence-corrected chi connectivity index (χ1v) is 8.75. The van der Waals surface area contributed by atoms with Gasteiger partial charge in [-0.15, -0.1) is 0 Å². The number of nitrogens with zero attached hydrogens (tertiary/aromatic N) is 1. The van der Waals surface area contributed by atoms with Gasteiger partial charge in [-0.1, -0.05) is 18.2 Å². The number of carbonyl (C=O) groups is 3. The standard InChI is InChI=1S/C21H23FN2O4/c1-14-7-8-17(9-15(14)2)21(27)23-11-20(26)28-13-19(25)24(3)12-16-5-4-6-18(22)10-16/h4-10H,11-13H2,1-3H3,(H,23,27). The second kappa shape index (κ2) is 9.64. The van der Waals surface area contributed by atoms with Crippen molar-refractivity contribution < 1.29 is 23.5 Å². The fraction of sp³-hybridized carbons (Fsp3) is 0.286. The predicted molar refractivity (Wildman–Crippen MR) is 102 cm³/mol. The van der Waals surface area contributed by atoms with Gasteiger partial charge in [-0.05, 0) is 54.8 Å². The topological polar surface area (TPSA) is 75.7 Å². The summed E-state index contributed by atoms with van der Waals surface area (Å²) in [5.74, 6) is -1.93. The van der Waals surface area contributed by atoms with Gasteiger partial charge in [0.1, 0.15) is 12.4 Å². The lowest BCUT2D eigenvalue weighted by Gasteiger charge is -2.17. The molecule has 0 unspecified atom stereocenters. The number of carbonyl (C=O) groups excluding carboxylic acids is 3. The Morgan fingerprint density at radius 1 is 1.07 bits per heavy atom. The van der Waals surface area contributed by atoms with Crippen molar-refractivity contribution in [2.75, 3.05) is 20.2 Å². The van der Waals surface area contributed by atoms with E-state index < -0.39 is 24.4 Å². The number of ether oxygens (including phenoxy) is 1. The largest absolute Gasteiger partial charge is 0.454 e. The van der Waals surface area contributed by atoms with Gasteiger partial charge in [0, 0.05) is 19.2 Å². The Hall–Kier alpha value is -3.22. The van der Waals surface area contributed by atoms with Crippen molar-refractivity contribution >= 4 is 17.8 Å². The minimum Gasteiger partial charge on any atom is -0.454 e. The zero-order chi connectivity index (χ0) is 20.7. The Morgan fingerprint density at radius 3 is 2.50 bits per heavy atom. The van der Waals surface area contributed by atoms with Crippen LogP contribution < -0.4 is 5.32 Å². The molecule has 0 aliphatic carbocycles. The summed E-state index contributed by atoms with van der Waals surface area (Å²) in [6, 6.07) is 11.1. The van der Waals surface area contributed by atoms with Crippen LogP contribution in [-0.4, -0.2) is 42.9 Å². The van der Waals surface area contributed by atoms with Gasteiger partial charge in [0.25, 0.3) is 11.8 Å². The molecule has 0 fully saturated rings. The first kappa shape index (κ1) is 21.1. The molecule has 7 heteroatoms. The molecule has 2 amide bonds. The minimum absolute atomic E-state index is 0.192. The highest BCUT2D eigenvalue weighted by molar-refractivity contribution is 5.96. The molecule has 0 saturated heterocycles. The summed E-state index contributed by atoms with van der Waals surface area (Å²) >= 11 is 0. The number of amides is 2.